The first kappa shape index (κ1) is 9.99. The largest absolute Gasteiger partial charge is 0.370 e. The summed E-state index contributed by atoms with van der Waals surface area (Å²) >= 11 is 0. The Morgan fingerprint density at radius 3 is 2.85 bits per heavy atom. The lowest BCUT2D eigenvalue weighted by Crippen LogP contribution is -2.19. The van der Waals surface area contributed by atoms with Crippen LogP contribution in [0.25, 0.3) is 0 Å². The predicted molar refractivity (Wildman–Crippen MR) is 55.7 cm³/mol. The van der Waals surface area contributed by atoms with E-state index < -0.39 is 0 Å². The van der Waals surface area contributed by atoms with Crippen LogP contribution >= 0.6 is 0 Å². The maximum absolute atomic E-state index is 5.62. The Bertz CT molecular complexity index is 241. The van der Waals surface area contributed by atoms with Crippen molar-refractivity contribution in [1.82, 2.24) is 4.98 Å². The number of nitrogens with one attached hydrogen (secondary N) is 1. The average molecular weight is 179 g/mol. The number of hydrogen-bond donors (Lipinski definition) is 2. The van der Waals surface area contributed by atoms with Crippen molar-refractivity contribution < 1.29 is 0 Å². The molecule has 1 atom stereocenters. The standard InChI is InChI=1S/C10H17N3/c1-8-3-4-10(13-7-8)12-6-5-9(2)11/h3-4,7,9H,5-6,11H2,1-2H3,(H,12,13). The molecular formula is C10H17N3. The number of aromatic nitrogens is 1. The van der Waals surface area contributed by atoms with Gasteiger partial charge in [0.2, 0.25) is 0 Å². The Kier molecular flexibility index (Phi) is 3.71. The molecule has 3 N–H and O–H groups in total. The number of rotatable bonds is 4. The van der Waals surface area contributed by atoms with Gasteiger partial charge >= 0.3 is 0 Å². The summed E-state index contributed by atoms with van der Waals surface area (Å²) in [6.07, 6.45) is 2.82. The fourth-order valence-corrected chi connectivity index (χ4v) is 1.00. The van der Waals surface area contributed by atoms with E-state index in [0.717, 1.165) is 18.8 Å². The molecule has 1 aromatic heterocycles. The van der Waals surface area contributed by atoms with Crippen LogP contribution in [0.15, 0.2) is 18.3 Å². The summed E-state index contributed by atoms with van der Waals surface area (Å²) in [7, 11) is 0. The van der Waals surface area contributed by atoms with Gasteiger partial charge in [-0.25, -0.2) is 4.98 Å². The van der Waals surface area contributed by atoms with Gasteiger partial charge in [-0.15, -0.1) is 0 Å². The highest BCUT2D eigenvalue weighted by molar-refractivity contribution is 5.34. The van der Waals surface area contributed by atoms with Gasteiger partial charge in [0.1, 0.15) is 5.82 Å². The Morgan fingerprint density at radius 2 is 2.31 bits per heavy atom. The molecule has 0 aliphatic heterocycles. The summed E-state index contributed by atoms with van der Waals surface area (Å²) in [5.41, 5.74) is 6.80. The zero-order valence-electron chi connectivity index (χ0n) is 8.25. The first-order chi connectivity index (χ1) is 6.18. The van der Waals surface area contributed by atoms with Crippen LogP contribution in [0.2, 0.25) is 0 Å². The molecule has 0 radical (unpaired) electrons. The van der Waals surface area contributed by atoms with Crippen LogP contribution in [0.3, 0.4) is 0 Å². The molecule has 0 amide bonds. The van der Waals surface area contributed by atoms with E-state index in [1.165, 1.54) is 5.56 Å². The van der Waals surface area contributed by atoms with E-state index in [0.29, 0.717) is 0 Å². The molecule has 0 saturated heterocycles. The van der Waals surface area contributed by atoms with E-state index in [1.54, 1.807) is 0 Å². The highest BCUT2D eigenvalue weighted by Gasteiger charge is 1.95. The van der Waals surface area contributed by atoms with Gasteiger partial charge in [-0.1, -0.05) is 6.07 Å². The lowest BCUT2D eigenvalue weighted by atomic mass is 10.2. The van der Waals surface area contributed by atoms with Gasteiger partial charge in [0.25, 0.3) is 0 Å². The minimum absolute atomic E-state index is 0.248. The third-order valence-electron chi connectivity index (χ3n) is 1.82. The zero-order chi connectivity index (χ0) is 9.68. The van der Waals surface area contributed by atoms with Crippen LogP contribution in [-0.4, -0.2) is 17.6 Å². The summed E-state index contributed by atoms with van der Waals surface area (Å²) in [6.45, 7) is 4.91. The predicted octanol–water partition coefficient (Wildman–Crippen LogP) is 1.54. The fourth-order valence-electron chi connectivity index (χ4n) is 1.00. The molecule has 1 heterocycles. The summed E-state index contributed by atoms with van der Waals surface area (Å²) < 4.78 is 0. The number of aryl methyl sites for hydroxylation is 1. The Hall–Kier alpha value is -1.09. The van der Waals surface area contributed by atoms with Crippen LogP contribution in [-0.2, 0) is 0 Å². The first-order valence-corrected chi connectivity index (χ1v) is 4.60. The zero-order valence-corrected chi connectivity index (χ0v) is 8.25. The molecule has 1 rings (SSSR count). The number of anilines is 1. The van der Waals surface area contributed by atoms with Crippen molar-refractivity contribution in [2.45, 2.75) is 26.3 Å². The lowest BCUT2D eigenvalue weighted by Gasteiger charge is -2.07. The van der Waals surface area contributed by atoms with Crippen LogP contribution in [0, 0.1) is 6.92 Å². The van der Waals surface area contributed by atoms with Crippen molar-refractivity contribution in [3.63, 3.8) is 0 Å². The van der Waals surface area contributed by atoms with E-state index in [-0.39, 0.29) is 6.04 Å². The van der Waals surface area contributed by atoms with Crippen molar-refractivity contribution in [2.75, 3.05) is 11.9 Å². The van der Waals surface area contributed by atoms with Crippen LogP contribution in [0.1, 0.15) is 18.9 Å². The summed E-state index contributed by atoms with van der Waals surface area (Å²) in [5, 5.41) is 3.21. The topological polar surface area (TPSA) is 50.9 Å². The number of nitrogens with two attached hydrogens (primary N) is 1. The molecule has 0 bridgehead atoms. The van der Waals surface area contributed by atoms with Crippen LogP contribution in [0.5, 0.6) is 0 Å². The molecule has 1 aromatic rings. The third kappa shape index (κ3) is 3.90. The molecule has 1 unspecified atom stereocenters. The molecule has 0 spiro atoms. The van der Waals surface area contributed by atoms with Gasteiger partial charge < -0.3 is 11.1 Å². The minimum atomic E-state index is 0.248. The highest BCUT2D eigenvalue weighted by Crippen LogP contribution is 2.03. The van der Waals surface area contributed by atoms with E-state index >= 15 is 0 Å². The second-order valence-corrected chi connectivity index (χ2v) is 3.41. The molecular weight excluding hydrogens is 162 g/mol. The van der Waals surface area contributed by atoms with Crippen molar-refractivity contribution in [1.29, 1.82) is 0 Å². The SMILES string of the molecule is Cc1ccc(NCCC(C)N)nc1. The van der Waals surface area contributed by atoms with Crippen molar-refractivity contribution in [3.8, 4) is 0 Å². The smallest absolute Gasteiger partial charge is 0.125 e. The monoisotopic (exact) mass is 179 g/mol. The molecule has 3 nitrogen and oxygen atoms in total. The number of pyridine rings is 1. The summed E-state index contributed by atoms with van der Waals surface area (Å²) in [4.78, 5) is 4.22. The summed E-state index contributed by atoms with van der Waals surface area (Å²) in [5.74, 6) is 0.922. The lowest BCUT2D eigenvalue weighted by molar-refractivity contribution is 0.689. The quantitative estimate of drug-likeness (QED) is 0.737. The molecule has 3 heteroatoms. The molecule has 0 saturated carbocycles. The van der Waals surface area contributed by atoms with Gasteiger partial charge in [-0.2, -0.15) is 0 Å². The Morgan fingerprint density at radius 1 is 1.54 bits per heavy atom. The molecule has 0 fully saturated rings. The van der Waals surface area contributed by atoms with Crippen molar-refractivity contribution in [2.24, 2.45) is 5.73 Å². The van der Waals surface area contributed by atoms with Crippen LogP contribution < -0.4 is 11.1 Å². The molecule has 0 aliphatic carbocycles. The van der Waals surface area contributed by atoms with E-state index in [9.17, 15) is 0 Å². The first-order valence-electron chi connectivity index (χ1n) is 4.60. The van der Waals surface area contributed by atoms with Crippen molar-refractivity contribution >= 4 is 5.82 Å². The van der Waals surface area contributed by atoms with Crippen molar-refractivity contribution in [3.05, 3.63) is 23.9 Å². The van der Waals surface area contributed by atoms with E-state index in [1.807, 2.05) is 32.2 Å². The van der Waals surface area contributed by atoms with Gasteiger partial charge in [0.05, 0.1) is 0 Å². The van der Waals surface area contributed by atoms with Gasteiger partial charge in [0, 0.05) is 18.8 Å². The molecule has 0 aromatic carbocycles. The van der Waals surface area contributed by atoms with Gasteiger partial charge in [-0.3, -0.25) is 0 Å². The minimum Gasteiger partial charge on any atom is -0.370 e. The van der Waals surface area contributed by atoms with Crippen LogP contribution in [0.4, 0.5) is 5.82 Å². The maximum atomic E-state index is 5.62. The number of nitrogens with zero attached hydrogens (tertiary/aromatic N) is 1. The molecule has 0 aliphatic rings. The maximum Gasteiger partial charge on any atom is 0.125 e. The van der Waals surface area contributed by atoms with Gasteiger partial charge in [0.15, 0.2) is 0 Å². The van der Waals surface area contributed by atoms with Gasteiger partial charge in [-0.05, 0) is 31.9 Å². The van der Waals surface area contributed by atoms with E-state index in [2.05, 4.69) is 10.3 Å². The highest BCUT2D eigenvalue weighted by atomic mass is 15.0. The average Bonchev–Trinajstić information content (AvgIpc) is 2.08. The van der Waals surface area contributed by atoms with E-state index in [4.69, 9.17) is 5.73 Å². The molecule has 72 valence electrons. The number of hydrogen-bond acceptors (Lipinski definition) is 3. The second kappa shape index (κ2) is 4.82. The Balaban J connectivity index is 2.33. The fraction of sp³-hybridized carbons (Fsp3) is 0.500. The second-order valence-electron chi connectivity index (χ2n) is 3.41. The molecule has 13 heavy (non-hydrogen) atoms. The summed E-state index contributed by atoms with van der Waals surface area (Å²) in [6, 6.07) is 4.27. The third-order valence-corrected chi connectivity index (χ3v) is 1.82. The normalized spacial score (nSPS) is 12.5. The Labute approximate surface area is 79.4 Å².